The Morgan fingerprint density at radius 1 is 1.14 bits per heavy atom. The number of nitrogens with zero attached hydrogens (tertiary/aromatic N) is 2. The number of benzene rings is 2. The summed E-state index contributed by atoms with van der Waals surface area (Å²) in [6, 6.07) is 8.59. The molecule has 2 aliphatic rings. The first-order valence-electron chi connectivity index (χ1n) is 9.15. The molecule has 29 heavy (non-hydrogen) atoms. The molecule has 0 bridgehead atoms. The first-order chi connectivity index (χ1) is 13.9. The third kappa shape index (κ3) is 3.49. The fraction of sp³-hybridized carbons (Fsp3) is 0.368. The van der Waals surface area contributed by atoms with Gasteiger partial charge in [0.05, 0.1) is 18.1 Å². The second kappa shape index (κ2) is 7.53. The maximum absolute atomic E-state index is 13.4. The summed E-state index contributed by atoms with van der Waals surface area (Å²) >= 11 is 0. The van der Waals surface area contributed by atoms with Gasteiger partial charge in [0.15, 0.2) is 11.5 Å². The highest BCUT2D eigenvalue weighted by Gasteiger charge is 2.38. The van der Waals surface area contributed by atoms with Crippen LogP contribution in [0.25, 0.3) is 0 Å². The van der Waals surface area contributed by atoms with Crippen LogP contribution in [0.5, 0.6) is 17.2 Å². The molecule has 4 rings (SSSR count). The summed E-state index contributed by atoms with van der Waals surface area (Å²) in [7, 11) is -2.69. The topological polar surface area (TPSA) is 108 Å². The predicted octanol–water partition coefficient (Wildman–Crippen LogP) is 2.90. The normalized spacial score (nSPS) is 19.1. The van der Waals surface area contributed by atoms with E-state index in [1.54, 1.807) is 12.1 Å². The Labute approximate surface area is 168 Å². The minimum atomic E-state index is -4.02. The van der Waals surface area contributed by atoms with Crippen molar-refractivity contribution in [2.45, 2.75) is 23.8 Å². The van der Waals surface area contributed by atoms with Gasteiger partial charge in [-0.05, 0) is 36.6 Å². The van der Waals surface area contributed by atoms with E-state index in [2.05, 4.69) is 0 Å². The lowest BCUT2D eigenvalue weighted by Crippen LogP contribution is -2.31. The summed E-state index contributed by atoms with van der Waals surface area (Å²) in [5.74, 6) is 1.29. The van der Waals surface area contributed by atoms with E-state index in [9.17, 15) is 18.5 Å². The van der Waals surface area contributed by atoms with Crippen LogP contribution in [0.1, 0.15) is 24.4 Å². The van der Waals surface area contributed by atoms with Crippen molar-refractivity contribution < 1.29 is 27.6 Å². The van der Waals surface area contributed by atoms with E-state index in [-0.39, 0.29) is 16.3 Å². The van der Waals surface area contributed by atoms with Gasteiger partial charge in [-0.25, -0.2) is 8.42 Å². The predicted molar refractivity (Wildman–Crippen MR) is 103 cm³/mol. The standard InChI is InChI=1S/C19H20N2O7S/c1-26-17-7-5-14(21(22)23)12-19(17)29(24,25)20-8-2-3-15(20)13-4-6-16-18(11-13)28-10-9-27-16/h4-7,11-12,15H,2-3,8-10H2,1H3. The van der Waals surface area contributed by atoms with Crippen molar-refractivity contribution in [2.24, 2.45) is 0 Å². The number of hydrogen-bond acceptors (Lipinski definition) is 7. The molecular weight excluding hydrogens is 400 g/mol. The van der Waals surface area contributed by atoms with E-state index in [1.807, 2.05) is 6.07 Å². The highest BCUT2D eigenvalue weighted by Crippen LogP contribution is 2.42. The molecule has 154 valence electrons. The van der Waals surface area contributed by atoms with E-state index in [4.69, 9.17) is 14.2 Å². The smallest absolute Gasteiger partial charge is 0.271 e. The zero-order chi connectivity index (χ0) is 20.6. The molecule has 0 N–H and O–H groups in total. The number of nitro benzene ring substituents is 1. The van der Waals surface area contributed by atoms with Gasteiger partial charge in [-0.3, -0.25) is 10.1 Å². The number of hydrogen-bond donors (Lipinski definition) is 0. The first kappa shape index (κ1) is 19.5. The number of methoxy groups -OCH3 is 1. The molecule has 9 nitrogen and oxygen atoms in total. The van der Waals surface area contributed by atoms with E-state index in [0.29, 0.717) is 44.1 Å². The molecule has 1 fully saturated rings. The first-order valence-corrected chi connectivity index (χ1v) is 10.6. The maximum Gasteiger partial charge on any atom is 0.271 e. The third-order valence-electron chi connectivity index (χ3n) is 5.10. The second-order valence-electron chi connectivity index (χ2n) is 6.77. The van der Waals surface area contributed by atoms with Crippen LogP contribution in [0.4, 0.5) is 5.69 Å². The molecule has 1 atom stereocenters. The molecule has 1 unspecified atom stereocenters. The number of ether oxygens (including phenoxy) is 3. The van der Waals surface area contributed by atoms with Gasteiger partial charge < -0.3 is 14.2 Å². The summed E-state index contributed by atoms with van der Waals surface area (Å²) in [5, 5.41) is 11.2. The van der Waals surface area contributed by atoms with Crippen LogP contribution >= 0.6 is 0 Å². The fourth-order valence-corrected chi connectivity index (χ4v) is 5.59. The molecule has 0 radical (unpaired) electrons. The van der Waals surface area contributed by atoms with Gasteiger partial charge in [0.1, 0.15) is 23.9 Å². The quantitative estimate of drug-likeness (QED) is 0.540. The summed E-state index contributed by atoms with van der Waals surface area (Å²) < 4.78 is 44.6. The zero-order valence-electron chi connectivity index (χ0n) is 15.7. The molecule has 0 saturated carbocycles. The number of non-ortho nitro benzene ring substituents is 1. The van der Waals surface area contributed by atoms with E-state index >= 15 is 0 Å². The van der Waals surface area contributed by atoms with Gasteiger partial charge in [-0.15, -0.1) is 0 Å². The Balaban J connectivity index is 1.73. The fourth-order valence-electron chi connectivity index (χ4n) is 3.74. The van der Waals surface area contributed by atoms with Crippen molar-refractivity contribution in [2.75, 3.05) is 26.9 Å². The number of nitro groups is 1. The molecule has 10 heteroatoms. The van der Waals surface area contributed by atoms with Gasteiger partial charge in [-0.1, -0.05) is 6.07 Å². The molecule has 0 spiro atoms. The van der Waals surface area contributed by atoms with Crippen LogP contribution in [-0.2, 0) is 10.0 Å². The molecule has 2 aromatic carbocycles. The molecule has 2 aliphatic heterocycles. The highest BCUT2D eigenvalue weighted by atomic mass is 32.2. The van der Waals surface area contributed by atoms with Crippen LogP contribution in [0, 0.1) is 10.1 Å². The average Bonchev–Trinajstić information content (AvgIpc) is 3.23. The lowest BCUT2D eigenvalue weighted by Gasteiger charge is -2.26. The van der Waals surface area contributed by atoms with Crippen molar-refractivity contribution >= 4 is 15.7 Å². The van der Waals surface area contributed by atoms with Crippen molar-refractivity contribution in [3.05, 3.63) is 52.1 Å². The summed E-state index contributed by atoms with van der Waals surface area (Å²) in [6.45, 7) is 1.23. The SMILES string of the molecule is COc1ccc([N+](=O)[O-])cc1S(=O)(=O)N1CCCC1c1ccc2c(c1)OCCO2. The van der Waals surface area contributed by atoms with E-state index in [0.717, 1.165) is 11.6 Å². The minimum absolute atomic E-state index is 0.0726. The van der Waals surface area contributed by atoms with Gasteiger partial charge >= 0.3 is 0 Å². The van der Waals surface area contributed by atoms with Gasteiger partial charge in [0, 0.05) is 18.7 Å². The molecule has 0 aliphatic carbocycles. The Kier molecular flexibility index (Phi) is 5.05. The average molecular weight is 420 g/mol. The third-order valence-corrected chi connectivity index (χ3v) is 7.03. The molecule has 2 heterocycles. The van der Waals surface area contributed by atoms with Crippen LogP contribution in [0.15, 0.2) is 41.3 Å². The number of fused-ring (bicyclic) bond motifs is 1. The number of rotatable bonds is 5. The molecule has 0 amide bonds. The van der Waals surface area contributed by atoms with Crippen LogP contribution < -0.4 is 14.2 Å². The summed E-state index contributed by atoms with van der Waals surface area (Å²) in [4.78, 5) is 10.3. The second-order valence-corrected chi connectivity index (χ2v) is 8.63. The zero-order valence-corrected chi connectivity index (χ0v) is 16.6. The molecule has 1 saturated heterocycles. The van der Waals surface area contributed by atoms with Crippen molar-refractivity contribution in [1.82, 2.24) is 4.31 Å². The Hall–Kier alpha value is -2.85. The van der Waals surface area contributed by atoms with Gasteiger partial charge in [0.25, 0.3) is 5.69 Å². The Morgan fingerprint density at radius 2 is 1.90 bits per heavy atom. The minimum Gasteiger partial charge on any atom is -0.495 e. The Bertz CT molecular complexity index is 1050. The van der Waals surface area contributed by atoms with Crippen molar-refractivity contribution in [3.63, 3.8) is 0 Å². The maximum atomic E-state index is 13.4. The van der Waals surface area contributed by atoms with Crippen LogP contribution in [0.2, 0.25) is 0 Å². The number of sulfonamides is 1. The van der Waals surface area contributed by atoms with E-state index in [1.165, 1.54) is 23.5 Å². The highest BCUT2D eigenvalue weighted by molar-refractivity contribution is 7.89. The van der Waals surface area contributed by atoms with Crippen molar-refractivity contribution in [3.8, 4) is 17.2 Å². The van der Waals surface area contributed by atoms with Crippen LogP contribution in [-0.4, -0.2) is 44.5 Å². The lowest BCUT2D eigenvalue weighted by molar-refractivity contribution is -0.385. The molecule has 2 aromatic rings. The summed E-state index contributed by atoms with van der Waals surface area (Å²) in [5.41, 5.74) is 0.485. The largest absolute Gasteiger partial charge is 0.495 e. The monoisotopic (exact) mass is 420 g/mol. The molecule has 0 aromatic heterocycles. The summed E-state index contributed by atoms with van der Waals surface area (Å²) in [6.07, 6.45) is 1.31. The Morgan fingerprint density at radius 3 is 2.62 bits per heavy atom. The van der Waals surface area contributed by atoms with Crippen LogP contribution in [0.3, 0.4) is 0 Å². The lowest BCUT2D eigenvalue weighted by atomic mass is 10.0. The molecular formula is C19H20N2O7S. The van der Waals surface area contributed by atoms with Gasteiger partial charge in [0.2, 0.25) is 10.0 Å². The van der Waals surface area contributed by atoms with E-state index < -0.39 is 21.0 Å². The van der Waals surface area contributed by atoms with Crippen molar-refractivity contribution in [1.29, 1.82) is 0 Å². The van der Waals surface area contributed by atoms with Gasteiger partial charge in [-0.2, -0.15) is 4.31 Å².